The second kappa shape index (κ2) is 6.12. The van der Waals surface area contributed by atoms with E-state index in [2.05, 4.69) is 12.2 Å². The monoisotopic (exact) mass is 305 g/mol. The molecule has 1 unspecified atom stereocenters. The SMILES string of the molecule is CCNC1CCCc2sc(N(C)c3ccccc3F)nc21. The van der Waals surface area contributed by atoms with E-state index in [-0.39, 0.29) is 5.82 Å². The lowest BCUT2D eigenvalue weighted by molar-refractivity contribution is 0.465. The van der Waals surface area contributed by atoms with E-state index in [1.54, 1.807) is 23.5 Å². The molecule has 0 fully saturated rings. The van der Waals surface area contributed by atoms with Crippen LogP contribution < -0.4 is 10.2 Å². The third kappa shape index (κ3) is 2.80. The van der Waals surface area contributed by atoms with Crippen molar-refractivity contribution in [3.63, 3.8) is 0 Å². The summed E-state index contributed by atoms with van der Waals surface area (Å²) in [7, 11) is 1.88. The van der Waals surface area contributed by atoms with E-state index in [0.717, 1.165) is 30.2 Å². The van der Waals surface area contributed by atoms with Gasteiger partial charge in [0.2, 0.25) is 0 Å². The van der Waals surface area contributed by atoms with Crippen LogP contribution in [0.1, 0.15) is 36.4 Å². The maximum absolute atomic E-state index is 13.9. The van der Waals surface area contributed by atoms with Gasteiger partial charge in [0.25, 0.3) is 0 Å². The van der Waals surface area contributed by atoms with Gasteiger partial charge in [-0.2, -0.15) is 0 Å². The van der Waals surface area contributed by atoms with Crippen molar-refractivity contribution in [3.05, 3.63) is 40.7 Å². The molecule has 1 aliphatic carbocycles. The number of aryl methyl sites for hydroxylation is 1. The molecule has 0 amide bonds. The summed E-state index contributed by atoms with van der Waals surface area (Å²) in [5, 5.41) is 4.37. The van der Waals surface area contributed by atoms with Crippen LogP contribution in [0, 0.1) is 5.82 Å². The number of benzene rings is 1. The van der Waals surface area contributed by atoms with Gasteiger partial charge in [-0.3, -0.25) is 0 Å². The van der Waals surface area contributed by atoms with Crippen LogP contribution in [-0.4, -0.2) is 18.6 Å². The summed E-state index contributed by atoms with van der Waals surface area (Å²) in [6.45, 7) is 3.06. The van der Waals surface area contributed by atoms with E-state index in [1.165, 1.54) is 17.4 Å². The number of halogens is 1. The Morgan fingerprint density at radius 1 is 1.43 bits per heavy atom. The molecule has 0 bridgehead atoms. The average molecular weight is 305 g/mol. The van der Waals surface area contributed by atoms with Crippen molar-refractivity contribution in [1.82, 2.24) is 10.3 Å². The summed E-state index contributed by atoms with van der Waals surface area (Å²) >= 11 is 1.68. The minimum absolute atomic E-state index is 0.212. The molecule has 0 aliphatic heterocycles. The molecule has 1 N–H and O–H groups in total. The Hall–Kier alpha value is -1.46. The van der Waals surface area contributed by atoms with E-state index in [4.69, 9.17) is 4.98 Å². The molecule has 1 aromatic heterocycles. The fourth-order valence-electron chi connectivity index (χ4n) is 2.82. The first kappa shape index (κ1) is 14.5. The van der Waals surface area contributed by atoms with Crippen LogP contribution in [-0.2, 0) is 6.42 Å². The molecule has 0 spiro atoms. The van der Waals surface area contributed by atoms with Crippen molar-refractivity contribution in [1.29, 1.82) is 0 Å². The molecular formula is C16H20FN3S. The molecule has 1 atom stereocenters. The van der Waals surface area contributed by atoms with E-state index in [0.29, 0.717) is 11.7 Å². The normalized spacial score (nSPS) is 17.6. The van der Waals surface area contributed by atoms with Crippen molar-refractivity contribution in [2.45, 2.75) is 32.2 Å². The van der Waals surface area contributed by atoms with Gasteiger partial charge in [0.05, 0.1) is 17.4 Å². The lowest BCUT2D eigenvalue weighted by Gasteiger charge is -2.21. The Bertz CT molecular complexity index is 626. The maximum atomic E-state index is 13.9. The molecule has 0 saturated heterocycles. The quantitative estimate of drug-likeness (QED) is 0.924. The third-order valence-electron chi connectivity index (χ3n) is 3.89. The smallest absolute Gasteiger partial charge is 0.190 e. The molecule has 112 valence electrons. The highest BCUT2D eigenvalue weighted by molar-refractivity contribution is 7.15. The highest BCUT2D eigenvalue weighted by Crippen LogP contribution is 2.38. The van der Waals surface area contributed by atoms with Gasteiger partial charge in [-0.05, 0) is 37.9 Å². The Morgan fingerprint density at radius 3 is 3.00 bits per heavy atom. The summed E-state index contributed by atoms with van der Waals surface area (Å²) < 4.78 is 13.9. The molecule has 0 radical (unpaired) electrons. The average Bonchev–Trinajstić information content (AvgIpc) is 2.92. The van der Waals surface area contributed by atoms with Gasteiger partial charge in [0.1, 0.15) is 5.82 Å². The summed E-state index contributed by atoms with van der Waals surface area (Å²) in [6, 6.07) is 7.18. The first-order valence-corrected chi connectivity index (χ1v) is 8.23. The molecule has 1 aromatic carbocycles. The molecule has 1 aliphatic rings. The number of thiazole rings is 1. The molecule has 1 heterocycles. The Kier molecular flexibility index (Phi) is 4.22. The van der Waals surface area contributed by atoms with Gasteiger partial charge < -0.3 is 10.2 Å². The van der Waals surface area contributed by atoms with Crippen molar-refractivity contribution in [2.75, 3.05) is 18.5 Å². The fourth-order valence-corrected chi connectivity index (χ4v) is 3.96. The van der Waals surface area contributed by atoms with Gasteiger partial charge in [-0.25, -0.2) is 9.37 Å². The van der Waals surface area contributed by atoms with Crippen LogP contribution in [0.4, 0.5) is 15.2 Å². The maximum Gasteiger partial charge on any atom is 0.190 e. The van der Waals surface area contributed by atoms with E-state index >= 15 is 0 Å². The number of para-hydroxylation sites is 1. The van der Waals surface area contributed by atoms with Crippen LogP contribution in [0.5, 0.6) is 0 Å². The predicted molar refractivity (Wildman–Crippen MR) is 85.9 cm³/mol. The fraction of sp³-hybridized carbons (Fsp3) is 0.438. The summed E-state index contributed by atoms with van der Waals surface area (Å²) in [4.78, 5) is 7.97. The lowest BCUT2D eigenvalue weighted by atomic mass is 9.98. The van der Waals surface area contributed by atoms with E-state index in [9.17, 15) is 4.39 Å². The lowest BCUT2D eigenvalue weighted by Crippen LogP contribution is -2.24. The van der Waals surface area contributed by atoms with Gasteiger partial charge in [0, 0.05) is 11.9 Å². The van der Waals surface area contributed by atoms with E-state index in [1.807, 2.05) is 18.0 Å². The Morgan fingerprint density at radius 2 is 2.24 bits per heavy atom. The molecular weight excluding hydrogens is 285 g/mol. The minimum Gasteiger partial charge on any atom is -0.318 e. The van der Waals surface area contributed by atoms with Crippen LogP contribution in [0.2, 0.25) is 0 Å². The van der Waals surface area contributed by atoms with Crippen molar-refractivity contribution < 1.29 is 4.39 Å². The molecule has 3 rings (SSSR count). The van der Waals surface area contributed by atoms with Crippen LogP contribution in [0.3, 0.4) is 0 Å². The van der Waals surface area contributed by atoms with Crippen LogP contribution in [0.25, 0.3) is 0 Å². The Balaban J connectivity index is 1.92. The first-order chi connectivity index (χ1) is 10.2. The zero-order valence-corrected chi connectivity index (χ0v) is 13.2. The second-order valence-electron chi connectivity index (χ2n) is 5.32. The minimum atomic E-state index is -0.212. The van der Waals surface area contributed by atoms with E-state index < -0.39 is 0 Å². The van der Waals surface area contributed by atoms with Gasteiger partial charge in [-0.15, -0.1) is 11.3 Å². The number of fused-ring (bicyclic) bond motifs is 1. The first-order valence-electron chi connectivity index (χ1n) is 7.42. The highest BCUT2D eigenvalue weighted by Gasteiger charge is 2.25. The van der Waals surface area contributed by atoms with Gasteiger partial charge in [-0.1, -0.05) is 19.1 Å². The number of nitrogens with zero attached hydrogens (tertiary/aromatic N) is 2. The zero-order chi connectivity index (χ0) is 14.8. The summed E-state index contributed by atoms with van der Waals surface area (Å²) in [5.41, 5.74) is 1.73. The second-order valence-corrected chi connectivity index (χ2v) is 6.38. The number of rotatable bonds is 4. The van der Waals surface area contributed by atoms with Crippen molar-refractivity contribution >= 4 is 22.2 Å². The van der Waals surface area contributed by atoms with Gasteiger partial charge in [0.15, 0.2) is 5.13 Å². The predicted octanol–water partition coefficient (Wildman–Crippen LogP) is 4.04. The number of hydrogen-bond acceptors (Lipinski definition) is 4. The number of hydrogen-bond donors (Lipinski definition) is 1. The van der Waals surface area contributed by atoms with Crippen molar-refractivity contribution in [3.8, 4) is 0 Å². The molecule has 5 heteroatoms. The molecule has 2 aromatic rings. The Labute approximate surface area is 128 Å². The highest BCUT2D eigenvalue weighted by atomic mass is 32.1. The summed E-state index contributed by atoms with van der Waals surface area (Å²) in [6.07, 6.45) is 3.41. The summed E-state index contributed by atoms with van der Waals surface area (Å²) in [5.74, 6) is -0.212. The van der Waals surface area contributed by atoms with Crippen LogP contribution in [0.15, 0.2) is 24.3 Å². The van der Waals surface area contributed by atoms with Crippen LogP contribution >= 0.6 is 11.3 Å². The number of nitrogens with one attached hydrogen (secondary N) is 1. The van der Waals surface area contributed by atoms with Crippen molar-refractivity contribution in [2.24, 2.45) is 0 Å². The third-order valence-corrected chi connectivity index (χ3v) is 5.10. The topological polar surface area (TPSA) is 28.2 Å². The standard InChI is InChI=1S/C16H20FN3S/c1-3-18-12-8-6-10-14-15(12)19-16(21-14)20(2)13-9-5-4-7-11(13)17/h4-5,7,9,12,18H,3,6,8,10H2,1-2H3. The number of aromatic nitrogens is 1. The zero-order valence-electron chi connectivity index (χ0n) is 12.4. The number of anilines is 2. The van der Waals surface area contributed by atoms with Gasteiger partial charge >= 0.3 is 0 Å². The molecule has 0 saturated carbocycles. The largest absolute Gasteiger partial charge is 0.318 e. The molecule has 21 heavy (non-hydrogen) atoms. The molecule has 3 nitrogen and oxygen atoms in total.